The van der Waals surface area contributed by atoms with E-state index in [0.717, 1.165) is 6.07 Å². The minimum atomic E-state index is -1.07. The monoisotopic (exact) mass is 275 g/mol. The number of pyridine rings is 1. The fourth-order valence-corrected chi connectivity index (χ4v) is 1.50. The lowest BCUT2D eigenvalue weighted by Crippen LogP contribution is -2.02. The maximum Gasteiger partial charge on any atom is 0.337 e. The number of benzene rings is 1. The summed E-state index contributed by atoms with van der Waals surface area (Å²) in [6.07, 6.45) is 1.74. The molecule has 6 heteroatoms. The molecule has 0 spiro atoms. The molecule has 0 aliphatic carbocycles. The Morgan fingerprint density at radius 3 is 2.70 bits per heavy atom. The number of halogens is 1. The molecule has 0 unspecified atom stereocenters. The number of rotatable bonds is 5. The number of aromatic nitrogens is 1. The van der Waals surface area contributed by atoms with E-state index in [-0.39, 0.29) is 23.5 Å². The standard InChI is InChI=1S/C14H10FNO4/c15-12-5-9(7-17)1-4-13(12)20-8-11-3-2-10(6-16-11)14(18)19/h1-7H,8H2,(H,18,19). The molecule has 0 radical (unpaired) electrons. The van der Waals surface area contributed by atoms with E-state index in [1.165, 1.54) is 30.5 Å². The molecule has 0 aliphatic heterocycles. The van der Waals surface area contributed by atoms with Crippen molar-refractivity contribution in [2.45, 2.75) is 6.61 Å². The van der Waals surface area contributed by atoms with Gasteiger partial charge in [0.15, 0.2) is 11.6 Å². The van der Waals surface area contributed by atoms with Gasteiger partial charge in [0.25, 0.3) is 0 Å². The fourth-order valence-electron chi connectivity index (χ4n) is 1.50. The number of ether oxygens (including phenoxy) is 1. The lowest BCUT2D eigenvalue weighted by molar-refractivity contribution is 0.0696. The van der Waals surface area contributed by atoms with Crippen LogP contribution in [0.1, 0.15) is 26.4 Å². The van der Waals surface area contributed by atoms with E-state index in [1.54, 1.807) is 0 Å². The number of aromatic carboxylic acids is 1. The van der Waals surface area contributed by atoms with Crippen LogP contribution in [0, 0.1) is 5.82 Å². The summed E-state index contributed by atoms with van der Waals surface area (Å²) in [5, 5.41) is 8.72. The molecule has 0 amide bonds. The van der Waals surface area contributed by atoms with Crippen molar-refractivity contribution in [2.24, 2.45) is 0 Å². The van der Waals surface area contributed by atoms with Crippen LogP contribution in [-0.2, 0) is 6.61 Å². The molecule has 0 aliphatic rings. The maximum absolute atomic E-state index is 13.5. The third-order valence-corrected chi connectivity index (χ3v) is 2.54. The smallest absolute Gasteiger partial charge is 0.337 e. The van der Waals surface area contributed by atoms with Crippen LogP contribution in [0.3, 0.4) is 0 Å². The number of carbonyl (C=O) groups is 2. The van der Waals surface area contributed by atoms with Gasteiger partial charge in [0.05, 0.1) is 11.3 Å². The molecule has 1 heterocycles. The van der Waals surface area contributed by atoms with Crippen molar-refractivity contribution in [1.29, 1.82) is 0 Å². The van der Waals surface area contributed by atoms with Crippen molar-refractivity contribution >= 4 is 12.3 Å². The predicted octanol–water partition coefficient (Wildman–Crippen LogP) is 2.31. The Labute approximate surface area is 113 Å². The molecule has 0 bridgehead atoms. The van der Waals surface area contributed by atoms with Crippen LogP contribution in [-0.4, -0.2) is 22.3 Å². The number of hydrogen-bond acceptors (Lipinski definition) is 4. The molecule has 0 saturated heterocycles. The highest BCUT2D eigenvalue weighted by Gasteiger charge is 2.07. The minimum Gasteiger partial charge on any atom is -0.484 e. The summed E-state index contributed by atoms with van der Waals surface area (Å²) >= 11 is 0. The second-order valence-electron chi connectivity index (χ2n) is 3.94. The van der Waals surface area contributed by atoms with Crippen molar-refractivity contribution in [3.8, 4) is 5.75 Å². The second-order valence-corrected chi connectivity index (χ2v) is 3.94. The van der Waals surface area contributed by atoms with Crippen LogP contribution >= 0.6 is 0 Å². The lowest BCUT2D eigenvalue weighted by atomic mass is 10.2. The summed E-state index contributed by atoms with van der Waals surface area (Å²) in [6, 6.07) is 6.74. The molecular weight excluding hydrogens is 265 g/mol. The Bertz CT molecular complexity index is 640. The molecule has 102 valence electrons. The van der Waals surface area contributed by atoms with Crippen LogP contribution < -0.4 is 4.74 Å². The third kappa shape index (κ3) is 3.17. The first-order valence-corrected chi connectivity index (χ1v) is 5.66. The van der Waals surface area contributed by atoms with E-state index in [0.29, 0.717) is 12.0 Å². The van der Waals surface area contributed by atoms with E-state index >= 15 is 0 Å². The zero-order valence-corrected chi connectivity index (χ0v) is 10.2. The Balaban J connectivity index is 2.05. The van der Waals surface area contributed by atoms with Gasteiger partial charge in [-0.1, -0.05) is 0 Å². The molecular formula is C14H10FNO4. The average molecular weight is 275 g/mol. The second kappa shape index (κ2) is 5.92. The van der Waals surface area contributed by atoms with Gasteiger partial charge >= 0.3 is 5.97 Å². The van der Waals surface area contributed by atoms with Gasteiger partial charge < -0.3 is 9.84 Å². The third-order valence-electron chi connectivity index (χ3n) is 2.54. The van der Waals surface area contributed by atoms with E-state index < -0.39 is 11.8 Å². The average Bonchev–Trinajstić information content (AvgIpc) is 2.46. The minimum absolute atomic E-state index is 0.000267. The molecule has 2 rings (SSSR count). The largest absolute Gasteiger partial charge is 0.484 e. The van der Waals surface area contributed by atoms with Gasteiger partial charge in [-0.25, -0.2) is 9.18 Å². The molecule has 1 aromatic heterocycles. The molecule has 0 atom stereocenters. The molecule has 2 aromatic rings. The first-order valence-electron chi connectivity index (χ1n) is 5.66. The van der Waals surface area contributed by atoms with Crippen LogP contribution in [0.25, 0.3) is 0 Å². The Morgan fingerprint density at radius 2 is 2.15 bits per heavy atom. The number of nitrogens with zero attached hydrogens (tertiary/aromatic N) is 1. The molecule has 0 fully saturated rings. The van der Waals surface area contributed by atoms with Crippen molar-refractivity contribution < 1.29 is 23.8 Å². The summed E-state index contributed by atoms with van der Waals surface area (Å²) in [6.45, 7) is -0.00272. The zero-order chi connectivity index (χ0) is 14.5. The van der Waals surface area contributed by atoms with E-state index in [4.69, 9.17) is 9.84 Å². The topological polar surface area (TPSA) is 76.5 Å². The normalized spacial score (nSPS) is 10.1. The van der Waals surface area contributed by atoms with Gasteiger partial charge in [-0.2, -0.15) is 0 Å². The van der Waals surface area contributed by atoms with Gasteiger partial charge in [0.2, 0.25) is 0 Å². The number of carbonyl (C=O) groups excluding carboxylic acids is 1. The van der Waals surface area contributed by atoms with Crippen LogP contribution in [0.4, 0.5) is 4.39 Å². The highest BCUT2D eigenvalue weighted by atomic mass is 19.1. The Kier molecular flexibility index (Phi) is 4.05. The molecule has 0 saturated carbocycles. The molecule has 1 N–H and O–H groups in total. The summed E-state index contributed by atoms with van der Waals surface area (Å²) in [5.74, 6) is -1.71. The fraction of sp³-hybridized carbons (Fsp3) is 0.0714. The highest BCUT2D eigenvalue weighted by Crippen LogP contribution is 2.18. The Hall–Kier alpha value is -2.76. The maximum atomic E-state index is 13.5. The van der Waals surface area contributed by atoms with Crippen LogP contribution in [0.15, 0.2) is 36.5 Å². The van der Waals surface area contributed by atoms with Crippen LogP contribution in [0.5, 0.6) is 5.75 Å². The number of aldehydes is 1. The van der Waals surface area contributed by atoms with Crippen molar-refractivity contribution in [3.05, 3.63) is 59.2 Å². The van der Waals surface area contributed by atoms with Crippen molar-refractivity contribution in [3.63, 3.8) is 0 Å². The first kappa shape index (κ1) is 13.7. The van der Waals surface area contributed by atoms with Crippen molar-refractivity contribution in [2.75, 3.05) is 0 Å². The summed E-state index contributed by atoms with van der Waals surface area (Å²) in [7, 11) is 0. The van der Waals surface area contributed by atoms with E-state index in [9.17, 15) is 14.0 Å². The summed E-state index contributed by atoms with van der Waals surface area (Å²) < 4.78 is 18.7. The number of carboxylic acids is 1. The lowest BCUT2D eigenvalue weighted by Gasteiger charge is -2.07. The SMILES string of the molecule is O=Cc1ccc(OCc2ccc(C(=O)O)cn2)c(F)c1. The van der Waals surface area contributed by atoms with Crippen molar-refractivity contribution in [1.82, 2.24) is 4.98 Å². The highest BCUT2D eigenvalue weighted by molar-refractivity contribution is 5.87. The molecule has 5 nitrogen and oxygen atoms in total. The predicted molar refractivity (Wildman–Crippen MR) is 67.3 cm³/mol. The molecule has 20 heavy (non-hydrogen) atoms. The Morgan fingerprint density at radius 1 is 1.35 bits per heavy atom. The van der Waals surface area contributed by atoms with E-state index in [1.807, 2.05) is 0 Å². The summed E-state index contributed by atoms with van der Waals surface area (Å²) in [5.41, 5.74) is 0.753. The van der Waals surface area contributed by atoms with Crippen LogP contribution in [0.2, 0.25) is 0 Å². The number of hydrogen-bond donors (Lipinski definition) is 1. The van der Waals surface area contributed by atoms with Gasteiger partial charge in [-0.3, -0.25) is 9.78 Å². The molecule has 1 aromatic carbocycles. The van der Waals surface area contributed by atoms with Gasteiger partial charge in [0.1, 0.15) is 12.9 Å². The first-order chi connectivity index (χ1) is 9.60. The van der Waals surface area contributed by atoms with E-state index in [2.05, 4.69) is 4.98 Å². The van der Waals surface area contributed by atoms with Gasteiger partial charge in [-0.15, -0.1) is 0 Å². The number of carboxylic acid groups (broad SMARTS) is 1. The van der Waals surface area contributed by atoms with Gasteiger partial charge in [0, 0.05) is 11.8 Å². The zero-order valence-electron chi connectivity index (χ0n) is 10.2. The van der Waals surface area contributed by atoms with Gasteiger partial charge in [-0.05, 0) is 30.3 Å². The summed E-state index contributed by atoms with van der Waals surface area (Å²) in [4.78, 5) is 25.0. The quantitative estimate of drug-likeness (QED) is 0.847.